The number of hydrogen-bond donors (Lipinski definition) is 0. The van der Waals surface area contributed by atoms with E-state index in [9.17, 15) is 4.79 Å². The minimum absolute atomic E-state index is 0.0626. The van der Waals surface area contributed by atoms with Crippen LogP contribution in [0.5, 0.6) is 0 Å². The van der Waals surface area contributed by atoms with Gasteiger partial charge in [0.1, 0.15) is 6.79 Å². The summed E-state index contributed by atoms with van der Waals surface area (Å²) in [5, 5.41) is 0. The molecule has 62 valence electrons. The van der Waals surface area contributed by atoms with Crippen molar-refractivity contribution in [2.45, 2.75) is 18.9 Å². The van der Waals surface area contributed by atoms with Gasteiger partial charge in [0.15, 0.2) is 5.78 Å². The molecule has 0 aromatic carbocycles. The van der Waals surface area contributed by atoms with E-state index in [1.807, 2.05) is 0 Å². The number of ketones is 1. The number of hydrogen-bond acceptors (Lipinski definition) is 3. The van der Waals surface area contributed by atoms with E-state index in [-0.39, 0.29) is 11.9 Å². The van der Waals surface area contributed by atoms with E-state index in [0.29, 0.717) is 13.2 Å². The molecule has 0 aromatic heterocycles. The van der Waals surface area contributed by atoms with Gasteiger partial charge in [0.05, 0.1) is 6.10 Å². The molecule has 0 saturated carbocycles. The number of carbonyl (C=O) groups is 1. The molecule has 0 saturated heterocycles. The fourth-order valence-electron chi connectivity index (χ4n) is 0.973. The van der Waals surface area contributed by atoms with Crippen LogP contribution in [0.2, 0.25) is 0 Å². The van der Waals surface area contributed by atoms with Gasteiger partial charge in [-0.05, 0) is 12.5 Å². The average molecular weight is 156 g/mol. The van der Waals surface area contributed by atoms with Crippen LogP contribution in [-0.2, 0) is 14.3 Å². The third-order valence-corrected chi connectivity index (χ3v) is 1.57. The van der Waals surface area contributed by atoms with E-state index in [0.717, 1.165) is 6.42 Å². The summed E-state index contributed by atoms with van der Waals surface area (Å²) < 4.78 is 9.95. The molecule has 1 aliphatic rings. The first kappa shape index (κ1) is 8.43. The summed E-state index contributed by atoms with van der Waals surface area (Å²) in [5.74, 6) is 0.183. The number of rotatable bonds is 3. The summed E-state index contributed by atoms with van der Waals surface area (Å²) in [6.07, 6.45) is 4.78. The van der Waals surface area contributed by atoms with Gasteiger partial charge >= 0.3 is 0 Å². The second-order valence-corrected chi connectivity index (χ2v) is 2.48. The average Bonchev–Trinajstić information content (AvgIpc) is 2.04. The molecular formula is C8H12O3. The molecule has 0 amide bonds. The van der Waals surface area contributed by atoms with E-state index in [1.54, 1.807) is 19.3 Å². The van der Waals surface area contributed by atoms with Gasteiger partial charge in [0.25, 0.3) is 0 Å². The van der Waals surface area contributed by atoms with E-state index < -0.39 is 0 Å². The minimum atomic E-state index is 0.0626. The number of methoxy groups -OCH3 is 1. The SMILES string of the molecule is COCO[C@H]1C=CC(=O)CC1. The summed E-state index contributed by atoms with van der Waals surface area (Å²) >= 11 is 0. The molecule has 1 rings (SSSR count). The molecule has 0 N–H and O–H groups in total. The predicted molar refractivity (Wildman–Crippen MR) is 40.1 cm³/mol. The zero-order valence-electron chi connectivity index (χ0n) is 6.58. The van der Waals surface area contributed by atoms with Gasteiger partial charge in [-0.3, -0.25) is 4.79 Å². The summed E-state index contributed by atoms with van der Waals surface area (Å²) in [5.41, 5.74) is 0. The van der Waals surface area contributed by atoms with Gasteiger partial charge in [-0.25, -0.2) is 0 Å². The van der Waals surface area contributed by atoms with Crippen LogP contribution >= 0.6 is 0 Å². The molecule has 0 aliphatic heterocycles. The van der Waals surface area contributed by atoms with Crippen LogP contribution in [0.3, 0.4) is 0 Å². The third-order valence-electron chi connectivity index (χ3n) is 1.57. The van der Waals surface area contributed by atoms with E-state index in [2.05, 4.69) is 0 Å². The first-order valence-corrected chi connectivity index (χ1v) is 3.64. The molecule has 0 bridgehead atoms. The first-order chi connectivity index (χ1) is 5.33. The van der Waals surface area contributed by atoms with Crippen LogP contribution in [0, 0.1) is 0 Å². The Bertz CT molecular complexity index is 163. The van der Waals surface area contributed by atoms with Crippen molar-refractivity contribution in [1.82, 2.24) is 0 Å². The zero-order chi connectivity index (χ0) is 8.10. The van der Waals surface area contributed by atoms with Crippen LogP contribution in [0.15, 0.2) is 12.2 Å². The fraction of sp³-hybridized carbons (Fsp3) is 0.625. The Labute approximate surface area is 66.0 Å². The second-order valence-electron chi connectivity index (χ2n) is 2.48. The van der Waals surface area contributed by atoms with Gasteiger partial charge in [0, 0.05) is 13.5 Å². The van der Waals surface area contributed by atoms with Gasteiger partial charge < -0.3 is 9.47 Å². The van der Waals surface area contributed by atoms with Gasteiger partial charge in [-0.1, -0.05) is 6.08 Å². The molecule has 0 fully saturated rings. The van der Waals surface area contributed by atoms with Crippen molar-refractivity contribution in [3.05, 3.63) is 12.2 Å². The predicted octanol–water partition coefficient (Wildman–Crippen LogP) is 0.895. The molecule has 11 heavy (non-hydrogen) atoms. The highest BCUT2D eigenvalue weighted by Gasteiger charge is 2.12. The number of ether oxygens (including phenoxy) is 2. The molecule has 0 heterocycles. The summed E-state index contributed by atoms with van der Waals surface area (Å²) in [7, 11) is 1.58. The molecule has 0 spiro atoms. The molecule has 3 heteroatoms. The van der Waals surface area contributed by atoms with Gasteiger partial charge in [-0.15, -0.1) is 0 Å². The lowest BCUT2D eigenvalue weighted by atomic mass is 10.0. The van der Waals surface area contributed by atoms with Crippen molar-refractivity contribution in [2.75, 3.05) is 13.9 Å². The molecule has 0 unspecified atom stereocenters. The lowest BCUT2D eigenvalue weighted by Gasteiger charge is -2.15. The summed E-state index contributed by atoms with van der Waals surface area (Å²) in [4.78, 5) is 10.7. The highest BCUT2D eigenvalue weighted by atomic mass is 16.7. The van der Waals surface area contributed by atoms with E-state index in [4.69, 9.17) is 9.47 Å². The molecule has 1 aliphatic carbocycles. The first-order valence-electron chi connectivity index (χ1n) is 3.64. The third kappa shape index (κ3) is 2.82. The largest absolute Gasteiger partial charge is 0.359 e. The van der Waals surface area contributed by atoms with E-state index in [1.165, 1.54) is 0 Å². The molecule has 3 nitrogen and oxygen atoms in total. The van der Waals surface area contributed by atoms with Crippen LogP contribution in [0.1, 0.15) is 12.8 Å². The molecule has 1 atom stereocenters. The molecule has 0 aromatic rings. The Morgan fingerprint density at radius 2 is 2.55 bits per heavy atom. The maximum Gasteiger partial charge on any atom is 0.155 e. The number of allylic oxidation sites excluding steroid dienone is 1. The van der Waals surface area contributed by atoms with Crippen molar-refractivity contribution in [3.8, 4) is 0 Å². The number of carbonyl (C=O) groups excluding carboxylic acids is 1. The highest BCUT2D eigenvalue weighted by Crippen LogP contribution is 2.10. The fourth-order valence-corrected chi connectivity index (χ4v) is 0.973. The lowest BCUT2D eigenvalue weighted by molar-refractivity contribution is -0.117. The Balaban J connectivity index is 2.26. The van der Waals surface area contributed by atoms with Crippen LogP contribution in [-0.4, -0.2) is 25.8 Å². The minimum Gasteiger partial charge on any atom is -0.359 e. The van der Waals surface area contributed by atoms with Crippen molar-refractivity contribution < 1.29 is 14.3 Å². The van der Waals surface area contributed by atoms with E-state index >= 15 is 0 Å². The van der Waals surface area contributed by atoms with Crippen molar-refractivity contribution >= 4 is 5.78 Å². The van der Waals surface area contributed by atoms with Crippen LogP contribution in [0.25, 0.3) is 0 Å². The zero-order valence-corrected chi connectivity index (χ0v) is 6.58. The summed E-state index contributed by atoms with van der Waals surface area (Å²) in [6.45, 7) is 0.295. The van der Waals surface area contributed by atoms with Crippen LogP contribution < -0.4 is 0 Å². The monoisotopic (exact) mass is 156 g/mol. The Morgan fingerprint density at radius 1 is 1.73 bits per heavy atom. The van der Waals surface area contributed by atoms with Crippen LogP contribution in [0.4, 0.5) is 0 Å². The standard InChI is InChI=1S/C8H12O3/c1-10-6-11-8-4-2-7(9)3-5-8/h2,4,8H,3,5-6H2,1H3/t8-/m0/s1. The Hall–Kier alpha value is -0.670. The smallest absolute Gasteiger partial charge is 0.155 e. The van der Waals surface area contributed by atoms with Crippen molar-refractivity contribution in [2.24, 2.45) is 0 Å². The quantitative estimate of drug-likeness (QED) is 0.569. The Morgan fingerprint density at radius 3 is 3.09 bits per heavy atom. The van der Waals surface area contributed by atoms with Gasteiger partial charge in [-0.2, -0.15) is 0 Å². The lowest BCUT2D eigenvalue weighted by Crippen LogP contribution is -2.17. The topological polar surface area (TPSA) is 35.5 Å². The summed E-state index contributed by atoms with van der Waals surface area (Å²) in [6, 6.07) is 0. The van der Waals surface area contributed by atoms with Crippen molar-refractivity contribution in [3.63, 3.8) is 0 Å². The second kappa shape index (κ2) is 4.26. The van der Waals surface area contributed by atoms with Crippen molar-refractivity contribution in [1.29, 1.82) is 0 Å². The maximum absolute atomic E-state index is 10.7. The Kier molecular flexibility index (Phi) is 3.26. The maximum atomic E-state index is 10.7. The highest BCUT2D eigenvalue weighted by molar-refractivity contribution is 5.90. The molecule has 0 radical (unpaired) electrons. The molecular weight excluding hydrogens is 144 g/mol. The normalized spacial score (nSPS) is 24.1. The van der Waals surface area contributed by atoms with Gasteiger partial charge in [0.2, 0.25) is 0 Å².